The summed E-state index contributed by atoms with van der Waals surface area (Å²) in [5.74, 6) is 1.36. The predicted octanol–water partition coefficient (Wildman–Crippen LogP) is 6.26. The summed E-state index contributed by atoms with van der Waals surface area (Å²) in [4.78, 5) is 31.9. The maximum Gasteiger partial charge on any atom is 0.269 e. The molecule has 0 bridgehead atoms. The van der Waals surface area contributed by atoms with E-state index in [2.05, 4.69) is 9.97 Å². The van der Waals surface area contributed by atoms with Crippen LogP contribution in [0.3, 0.4) is 0 Å². The number of hydrogen-bond acceptors (Lipinski definition) is 7. The molecule has 0 aliphatic carbocycles. The van der Waals surface area contributed by atoms with E-state index >= 15 is 0 Å². The Kier molecular flexibility index (Phi) is 6.31. The minimum absolute atomic E-state index is 0.0136. The fraction of sp³-hybridized carbons (Fsp3) is 0.0357. The summed E-state index contributed by atoms with van der Waals surface area (Å²) in [7, 11) is 0. The second-order valence-electron chi connectivity index (χ2n) is 7.86. The summed E-state index contributed by atoms with van der Waals surface area (Å²) in [5.41, 5.74) is 3.79. The highest BCUT2D eigenvalue weighted by atomic mass is 16.6. The molecular weight excluding hydrogens is 458 g/mol. The Hall–Kier alpha value is -5.11. The number of carbonyl (C=O) groups is 1. The first-order valence-electron chi connectivity index (χ1n) is 11.1. The number of fused-ring (bicyclic) bond motifs is 1. The Morgan fingerprint density at radius 3 is 2.06 bits per heavy atom. The molecule has 176 valence electrons. The highest BCUT2D eigenvalue weighted by molar-refractivity contribution is 5.97. The van der Waals surface area contributed by atoms with E-state index in [4.69, 9.17) is 9.47 Å². The number of nitro benzene ring substituents is 1. The zero-order valence-electron chi connectivity index (χ0n) is 18.9. The molecule has 8 nitrogen and oxygen atoms in total. The Labute approximate surface area is 205 Å². The predicted molar refractivity (Wildman–Crippen MR) is 134 cm³/mol. The van der Waals surface area contributed by atoms with Gasteiger partial charge in [-0.05, 0) is 72.8 Å². The minimum atomic E-state index is -0.472. The zero-order valence-corrected chi connectivity index (χ0v) is 18.9. The molecule has 5 aromatic rings. The van der Waals surface area contributed by atoms with Crippen LogP contribution >= 0.6 is 0 Å². The van der Waals surface area contributed by atoms with E-state index < -0.39 is 4.92 Å². The van der Waals surface area contributed by atoms with E-state index in [0.29, 0.717) is 22.8 Å². The summed E-state index contributed by atoms with van der Waals surface area (Å²) >= 11 is 0. The molecule has 0 spiro atoms. The van der Waals surface area contributed by atoms with Crippen LogP contribution in [0.1, 0.15) is 10.4 Å². The number of para-hydroxylation sites is 2. The SMILES string of the molecule is O=C(COc1ccc(-c2cnc3ccccc3n2)cc1)c1ccc(Oc2ccc([N+](=O)[O-])cc2)cc1. The van der Waals surface area contributed by atoms with E-state index in [1.54, 1.807) is 42.6 Å². The van der Waals surface area contributed by atoms with E-state index in [9.17, 15) is 14.9 Å². The van der Waals surface area contributed by atoms with Gasteiger partial charge < -0.3 is 9.47 Å². The van der Waals surface area contributed by atoms with Gasteiger partial charge in [0.1, 0.15) is 17.2 Å². The van der Waals surface area contributed by atoms with Crippen molar-refractivity contribution >= 4 is 22.5 Å². The van der Waals surface area contributed by atoms with Gasteiger partial charge in [-0.15, -0.1) is 0 Å². The highest BCUT2D eigenvalue weighted by Gasteiger charge is 2.10. The summed E-state index contributed by atoms with van der Waals surface area (Å²) in [6.45, 7) is -0.113. The first kappa shape index (κ1) is 22.7. The van der Waals surface area contributed by atoms with E-state index in [1.807, 2.05) is 36.4 Å². The van der Waals surface area contributed by atoms with Crippen molar-refractivity contribution in [1.29, 1.82) is 0 Å². The third kappa shape index (κ3) is 5.18. The number of Topliss-reactive ketones (excluding diaryl/α,β-unsaturated/α-hetero) is 1. The van der Waals surface area contributed by atoms with Gasteiger partial charge in [-0.25, -0.2) is 4.98 Å². The molecule has 0 radical (unpaired) electrons. The number of hydrogen-bond donors (Lipinski definition) is 0. The van der Waals surface area contributed by atoms with Crippen LogP contribution in [-0.2, 0) is 0 Å². The van der Waals surface area contributed by atoms with Crippen LogP contribution in [0, 0.1) is 10.1 Å². The number of carbonyl (C=O) groups excluding carboxylic acids is 1. The minimum Gasteiger partial charge on any atom is -0.485 e. The lowest BCUT2D eigenvalue weighted by atomic mass is 10.1. The van der Waals surface area contributed by atoms with Crippen LogP contribution in [0.4, 0.5) is 5.69 Å². The van der Waals surface area contributed by atoms with Crippen LogP contribution in [0.2, 0.25) is 0 Å². The fourth-order valence-corrected chi connectivity index (χ4v) is 3.53. The van der Waals surface area contributed by atoms with Gasteiger partial charge in [0.05, 0.1) is 27.8 Å². The Morgan fingerprint density at radius 2 is 1.39 bits per heavy atom. The molecule has 0 fully saturated rings. The quantitative estimate of drug-likeness (QED) is 0.148. The lowest BCUT2D eigenvalue weighted by Gasteiger charge is -2.08. The summed E-state index contributed by atoms with van der Waals surface area (Å²) in [5, 5.41) is 10.7. The molecule has 0 unspecified atom stereocenters. The Bertz CT molecular complexity index is 1530. The number of ether oxygens (including phenoxy) is 2. The number of non-ortho nitro benzene ring substituents is 1. The maximum absolute atomic E-state index is 12.6. The number of aromatic nitrogens is 2. The largest absolute Gasteiger partial charge is 0.485 e. The average Bonchev–Trinajstić information content (AvgIpc) is 2.92. The van der Waals surface area contributed by atoms with Crippen molar-refractivity contribution in [1.82, 2.24) is 9.97 Å². The van der Waals surface area contributed by atoms with Gasteiger partial charge in [-0.1, -0.05) is 12.1 Å². The molecule has 5 rings (SSSR count). The molecule has 0 aliphatic rings. The van der Waals surface area contributed by atoms with Crippen molar-refractivity contribution in [2.75, 3.05) is 6.61 Å². The molecule has 1 heterocycles. The Balaban J connectivity index is 1.17. The van der Waals surface area contributed by atoms with E-state index in [-0.39, 0.29) is 18.1 Å². The highest BCUT2D eigenvalue weighted by Crippen LogP contribution is 2.25. The number of ketones is 1. The molecule has 36 heavy (non-hydrogen) atoms. The topological polar surface area (TPSA) is 104 Å². The molecule has 0 amide bonds. The summed E-state index contributed by atoms with van der Waals surface area (Å²) in [6.07, 6.45) is 1.73. The molecule has 0 aliphatic heterocycles. The molecule has 8 heteroatoms. The fourth-order valence-electron chi connectivity index (χ4n) is 3.53. The number of benzene rings is 4. The lowest BCUT2D eigenvalue weighted by Crippen LogP contribution is -2.11. The molecule has 0 saturated heterocycles. The van der Waals surface area contributed by atoms with Gasteiger partial charge in [0.25, 0.3) is 5.69 Å². The summed E-state index contributed by atoms with van der Waals surface area (Å²) in [6, 6.07) is 27.4. The number of nitro groups is 1. The van der Waals surface area contributed by atoms with Gasteiger partial charge in [-0.2, -0.15) is 0 Å². The van der Waals surface area contributed by atoms with Crippen molar-refractivity contribution in [3.05, 3.63) is 119 Å². The second kappa shape index (κ2) is 10.0. The van der Waals surface area contributed by atoms with E-state index in [0.717, 1.165) is 22.3 Å². The van der Waals surface area contributed by atoms with Crippen molar-refractivity contribution in [2.24, 2.45) is 0 Å². The Morgan fingerprint density at radius 1 is 0.778 bits per heavy atom. The van der Waals surface area contributed by atoms with Crippen LogP contribution in [-0.4, -0.2) is 27.3 Å². The van der Waals surface area contributed by atoms with Gasteiger partial charge in [0, 0.05) is 23.3 Å². The average molecular weight is 477 g/mol. The molecule has 4 aromatic carbocycles. The van der Waals surface area contributed by atoms with Crippen LogP contribution in [0.15, 0.2) is 103 Å². The van der Waals surface area contributed by atoms with Crippen molar-refractivity contribution in [3.63, 3.8) is 0 Å². The molecular formula is C28H19N3O5. The number of nitrogens with zero attached hydrogens (tertiary/aromatic N) is 3. The lowest BCUT2D eigenvalue weighted by molar-refractivity contribution is -0.384. The number of rotatable bonds is 8. The van der Waals surface area contributed by atoms with Crippen LogP contribution in [0.25, 0.3) is 22.3 Å². The zero-order chi connectivity index (χ0) is 24.9. The molecule has 0 atom stereocenters. The first-order chi connectivity index (χ1) is 17.5. The van der Waals surface area contributed by atoms with Gasteiger partial charge in [-0.3, -0.25) is 19.9 Å². The van der Waals surface area contributed by atoms with Crippen LogP contribution in [0.5, 0.6) is 17.2 Å². The van der Waals surface area contributed by atoms with Gasteiger partial charge >= 0.3 is 0 Å². The third-order valence-corrected chi connectivity index (χ3v) is 5.43. The normalized spacial score (nSPS) is 10.7. The monoisotopic (exact) mass is 477 g/mol. The molecule has 0 N–H and O–H groups in total. The van der Waals surface area contributed by atoms with E-state index in [1.165, 1.54) is 24.3 Å². The van der Waals surface area contributed by atoms with Crippen molar-refractivity contribution < 1.29 is 19.2 Å². The first-order valence-corrected chi connectivity index (χ1v) is 11.1. The van der Waals surface area contributed by atoms with Gasteiger partial charge in [0.15, 0.2) is 12.4 Å². The molecule has 1 aromatic heterocycles. The third-order valence-electron chi connectivity index (χ3n) is 5.43. The smallest absolute Gasteiger partial charge is 0.269 e. The standard InChI is InChI=1S/C28H19N3O5/c32-28(20-7-13-23(14-8-20)36-24-15-9-21(10-16-24)31(33)34)18-35-22-11-5-19(6-12-22)27-17-29-25-3-1-2-4-26(25)30-27/h1-17H,18H2. The summed E-state index contributed by atoms with van der Waals surface area (Å²) < 4.78 is 11.3. The van der Waals surface area contributed by atoms with Crippen molar-refractivity contribution in [2.45, 2.75) is 0 Å². The van der Waals surface area contributed by atoms with Crippen molar-refractivity contribution in [3.8, 4) is 28.5 Å². The maximum atomic E-state index is 12.6. The molecule has 0 saturated carbocycles. The van der Waals surface area contributed by atoms with Gasteiger partial charge in [0.2, 0.25) is 0 Å². The van der Waals surface area contributed by atoms with Crippen LogP contribution < -0.4 is 9.47 Å². The second-order valence-corrected chi connectivity index (χ2v) is 7.86.